The number of anilines is 1. The van der Waals surface area contributed by atoms with E-state index in [1.165, 1.54) is 6.33 Å². The van der Waals surface area contributed by atoms with Gasteiger partial charge in [-0.3, -0.25) is 4.98 Å². The smallest absolute Gasteiger partial charge is 0.425 e. The van der Waals surface area contributed by atoms with Crippen molar-refractivity contribution in [1.82, 2.24) is 19.5 Å². The van der Waals surface area contributed by atoms with Crippen molar-refractivity contribution in [2.24, 2.45) is 0 Å². The van der Waals surface area contributed by atoms with Crippen LogP contribution >= 0.6 is 27.5 Å². The largest absolute Gasteiger partial charge is 0.489 e. The topological polar surface area (TPSA) is 136 Å². The van der Waals surface area contributed by atoms with Crippen LogP contribution in [0.25, 0.3) is 21.9 Å². The minimum atomic E-state index is -0.941. The molecule has 0 N–H and O–H groups in total. The van der Waals surface area contributed by atoms with Crippen LogP contribution in [0, 0.1) is 0 Å². The number of carbonyl (C=O) groups is 2. The quantitative estimate of drug-likeness (QED) is 0.200. The highest BCUT2D eigenvalue weighted by Gasteiger charge is 2.56. The van der Waals surface area contributed by atoms with Crippen LogP contribution in [0.15, 0.2) is 47.5 Å². The predicted molar refractivity (Wildman–Crippen MR) is 180 cm³/mol. The second-order valence-corrected chi connectivity index (χ2v) is 15.3. The lowest BCUT2D eigenvalue weighted by Gasteiger charge is -2.28. The molecular formula is C33H37BrClN5O8. The Labute approximate surface area is 290 Å². The Balaban J connectivity index is 1.31. The van der Waals surface area contributed by atoms with E-state index in [2.05, 4.69) is 30.9 Å². The van der Waals surface area contributed by atoms with Gasteiger partial charge in [-0.25, -0.2) is 19.6 Å². The number of rotatable bonds is 5. The molecule has 2 amide bonds. The van der Waals surface area contributed by atoms with Crippen LogP contribution in [0.4, 0.5) is 15.4 Å². The molecule has 5 heterocycles. The number of pyridine rings is 1. The standard InChI is InChI=1S/C33H37BrClN5O8/c1-31(2,3)47-29(41)40(30(42)48-32(4,5)6)27-19-11-12-39(26(19)37-16-38-27)28-25-24(45-33(7,8)46-25)21(44-28)15-43-20-10-9-17-13-18(34)14-36-23(17)22(20)35/h9-14,16,21,24-25,28H,15H2,1-8H3/t21-,24-,25-,28-/m1/s1. The summed E-state index contributed by atoms with van der Waals surface area (Å²) in [6, 6.07) is 7.29. The average Bonchev–Trinajstić information content (AvgIpc) is 3.62. The molecule has 13 nitrogen and oxygen atoms in total. The zero-order valence-corrected chi connectivity index (χ0v) is 30.2. The number of halogens is 2. The molecule has 0 unspecified atom stereocenters. The van der Waals surface area contributed by atoms with Gasteiger partial charge in [0, 0.05) is 22.3 Å². The Kier molecular flexibility index (Phi) is 8.86. The lowest BCUT2D eigenvalue weighted by atomic mass is 10.1. The number of imide groups is 1. The molecular weight excluding hydrogens is 710 g/mol. The number of aromatic nitrogens is 4. The van der Waals surface area contributed by atoms with Gasteiger partial charge in [-0.15, -0.1) is 0 Å². The fourth-order valence-electron chi connectivity index (χ4n) is 5.63. The Bertz CT molecular complexity index is 1860. The summed E-state index contributed by atoms with van der Waals surface area (Å²) in [5.41, 5.74) is -0.790. The minimum absolute atomic E-state index is 0.00724. The zero-order chi connectivity index (χ0) is 34.8. The molecule has 1 aromatic carbocycles. The second-order valence-electron chi connectivity index (χ2n) is 14.0. The molecule has 0 saturated carbocycles. The van der Waals surface area contributed by atoms with Crippen molar-refractivity contribution in [1.29, 1.82) is 0 Å². The molecule has 0 bridgehead atoms. The summed E-state index contributed by atoms with van der Waals surface area (Å²) in [7, 11) is 0. The molecule has 256 valence electrons. The maximum atomic E-state index is 13.4. The van der Waals surface area contributed by atoms with Crippen molar-refractivity contribution in [2.45, 2.75) is 96.9 Å². The van der Waals surface area contributed by atoms with Gasteiger partial charge in [0.2, 0.25) is 0 Å². The van der Waals surface area contributed by atoms with E-state index in [0.29, 0.717) is 27.3 Å². The predicted octanol–water partition coefficient (Wildman–Crippen LogP) is 7.57. The van der Waals surface area contributed by atoms with E-state index in [-0.39, 0.29) is 12.4 Å². The molecule has 15 heteroatoms. The van der Waals surface area contributed by atoms with Gasteiger partial charge in [0.15, 0.2) is 17.8 Å². The number of hydrogen-bond acceptors (Lipinski definition) is 11. The van der Waals surface area contributed by atoms with Gasteiger partial charge < -0.3 is 33.0 Å². The van der Waals surface area contributed by atoms with Crippen LogP contribution in [0.1, 0.15) is 61.6 Å². The molecule has 6 rings (SSSR count). The van der Waals surface area contributed by atoms with Crippen molar-refractivity contribution in [3.63, 3.8) is 0 Å². The van der Waals surface area contributed by atoms with Crippen LogP contribution in [0.2, 0.25) is 5.02 Å². The Morgan fingerprint density at radius 1 is 1.00 bits per heavy atom. The number of nitrogens with zero attached hydrogens (tertiary/aromatic N) is 5. The number of carbonyl (C=O) groups excluding carboxylic acids is 2. The summed E-state index contributed by atoms with van der Waals surface area (Å²) < 4.78 is 39.1. The van der Waals surface area contributed by atoms with Gasteiger partial charge >= 0.3 is 12.2 Å². The number of hydrogen-bond donors (Lipinski definition) is 0. The lowest BCUT2D eigenvalue weighted by Crippen LogP contribution is -2.44. The first-order valence-corrected chi connectivity index (χ1v) is 16.5. The van der Waals surface area contributed by atoms with E-state index in [4.69, 9.17) is 40.0 Å². The third-order valence-corrected chi connectivity index (χ3v) is 8.18. The fraction of sp³-hybridized carbons (Fsp3) is 0.485. The molecule has 2 aliphatic heterocycles. The number of benzene rings is 1. The van der Waals surface area contributed by atoms with Gasteiger partial charge in [0.1, 0.15) is 58.9 Å². The highest BCUT2D eigenvalue weighted by atomic mass is 79.9. The van der Waals surface area contributed by atoms with Gasteiger partial charge in [-0.05, 0) is 95.6 Å². The molecule has 0 radical (unpaired) electrons. The summed E-state index contributed by atoms with van der Waals surface area (Å²) in [5, 5.41) is 1.63. The van der Waals surface area contributed by atoms with Crippen LogP contribution in [-0.2, 0) is 23.7 Å². The average molecular weight is 747 g/mol. The van der Waals surface area contributed by atoms with Gasteiger partial charge in [0.25, 0.3) is 0 Å². The van der Waals surface area contributed by atoms with Crippen molar-refractivity contribution >= 4 is 67.5 Å². The summed E-state index contributed by atoms with van der Waals surface area (Å²) in [4.78, 5) is 40.8. The molecule has 3 aromatic heterocycles. The Hall–Kier alpha value is -3.56. The summed E-state index contributed by atoms with van der Waals surface area (Å²) in [5.74, 6) is -0.456. The lowest BCUT2D eigenvalue weighted by molar-refractivity contribution is -0.198. The van der Waals surface area contributed by atoms with E-state index >= 15 is 0 Å². The van der Waals surface area contributed by atoms with Crippen LogP contribution in [0.5, 0.6) is 5.75 Å². The minimum Gasteiger partial charge on any atom is -0.489 e. The third-order valence-electron chi connectivity index (χ3n) is 7.38. The monoisotopic (exact) mass is 745 g/mol. The van der Waals surface area contributed by atoms with Gasteiger partial charge in [-0.1, -0.05) is 11.6 Å². The van der Waals surface area contributed by atoms with E-state index in [9.17, 15) is 9.59 Å². The maximum absolute atomic E-state index is 13.4. The molecule has 4 atom stereocenters. The molecule has 48 heavy (non-hydrogen) atoms. The van der Waals surface area contributed by atoms with Crippen molar-refractivity contribution in [3.8, 4) is 5.75 Å². The highest BCUT2D eigenvalue weighted by molar-refractivity contribution is 9.10. The third kappa shape index (κ3) is 6.95. The first kappa shape index (κ1) is 34.3. The first-order chi connectivity index (χ1) is 22.4. The normalized spacial score (nSPS) is 22.1. The summed E-state index contributed by atoms with van der Waals surface area (Å²) in [6.07, 6.45) is 0.446. The summed E-state index contributed by atoms with van der Waals surface area (Å²) >= 11 is 10.1. The van der Waals surface area contributed by atoms with Crippen molar-refractivity contribution in [3.05, 3.63) is 52.5 Å². The van der Waals surface area contributed by atoms with Crippen molar-refractivity contribution in [2.75, 3.05) is 11.5 Å². The van der Waals surface area contributed by atoms with Gasteiger partial charge in [0.05, 0.1) is 10.9 Å². The second kappa shape index (κ2) is 12.4. The van der Waals surface area contributed by atoms with Crippen LogP contribution in [0.3, 0.4) is 0 Å². The number of amides is 2. The van der Waals surface area contributed by atoms with E-state index in [1.54, 1.807) is 70.6 Å². The molecule has 2 aliphatic rings. The van der Waals surface area contributed by atoms with E-state index < -0.39 is 53.7 Å². The molecule has 0 spiro atoms. The highest BCUT2D eigenvalue weighted by Crippen LogP contribution is 2.45. The molecule has 2 saturated heterocycles. The fourth-order valence-corrected chi connectivity index (χ4v) is 6.25. The molecule has 0 aliphatic carbocycles. The molecule has 4 aromatic rings. The summed E-state index contributed by atoms with van der Waals surface area (Å²) in [6.45, 7) is 14.0. The SMILES string of the molecule is CC(C)(C)OC(=O)N(C(=O)OC(C)(C)C)c1ncnc2c1ccn2[C@@H]1O[C@H](COc2ccc3cc(Br)cnc3c2Cl)[C@H]2OC(C)(C)O[C@H]21. The zero-order valence-electron chi connectivity index (χ0n) is 27.8. The van der Waals surface area contributed by atoms with Gasteiger partial charge in [-0.2, -0.15) is 4.90 Å². The number of ether oxygens (including phenoxy) is 6. The van der Waals surface area contributed by atoms with Crippen LogP contribution in [-0.4, -0.2) is 73.6 Å². The van der Waals surface area contributed by atoms with E-state index in [0.717, 1.165) is 14.8 Å². The van der Waals surface area contributed by atoms with Crippen molar-refractivity contribution < 1.29 is 38.0 Å². The maximum Gasteiger partial charge on any atom is 0.425 e. The van der Waals surface area contributed by atoms with Crippen LogP contribution < -0.4 is 9.64 Å². The number of fused-ring (bicyclic) bond motifs is 3. The first-order valence-electron chi connectivity index (χ1n) is 15.4. The Morgan fingerprint density at radius 3 is 2.33 bits per heavy atom. The van der Waals surface area contributed by atoms with E-state index in [1.807, 2.05) is 26.0 Å². The molecule has 2 fully saturated rings. The Morgan fingerprint density at radius 2 is 1.67 bits per heavy atom.